The molecule has 0 atom stereocenters. The third kappa shape index (κ3) is 6.86. The monoisotopic (exact) mass is 549 g/mol. The fraction of sp³-hybridized carbons (Fsp3) is 0.321. The van der Waals surface area contributed by atoms with Gasteiger partial charge in [0.25, 0.3) is 10.0 Å². The van der Waals surface area contributed by atoms with Crippen LogP contribution in [0.25, 0.3) is 0 Å². The van der Waals surface area contributed by atoms with E-state index >= 15 is 0 Å². The van der Waals surface area contributed by atoms with Gasteiger partial charge in [-0.2, -0.15) is 13.2 Å². The standard InChI is InChI=1S/C28H30F3NO5S/c1-4-5-6-20-9-14-24(15-10-20)38(35,36)32(19(2)3)25-16-13-23(28(29,30)31)17-26(25)37-18-21-7-11-22(12-8-21)27(33)34/h7-17,19H,4-6,18H2,1-3H3,(H,33,34). The molecule has 3 aromatic rings. The minimum absolute atomic E-state index is 0.0153. The molecule has 38 heavy (non-hydrogen) atoms. The number of carboxylic acid groups (broad SMARTS) is 1. The number of alkyl halides is 3. The molecule has 0 unspecified atom stereocenters. The predicted octanol–water partition coefficient (Wildman–Crippen LogP) is 6.93. The van der Waals surface area contributed by atoms with Crippen molar-refractivity contribution in [2.24, 2.45) is 0 Å². The van der Waals surface area contributed by atoms with E-state index in [0.29, 0.717) is 5.56 Å². The molecule has 0 radical (unpaired) electrons. The smallest absolute Gasteiger partial charge is 0.416 e. The molecule has 0 aliphatic heterocycles. The summed E-state index contributed by atoms with van der Waals surface area (Å²) in [5.74, 6) is -1.38. The summed E-state index contributed by atoms with van der Waals surface area (Å²) < 4.78 is 74.8. The average Bonchev–Trinajstić information content (AvgIpc) is 2.86. The number of carbonyl (C=O) groups is 1. The molecule has 0 amide bonds. The average molecular weight is 550 g/mol. The van der Waals surface area contributed by atoms with Gasteiger partial charge in [-0.15, -0.1) is 0 Å². The van der Waals surface area contributed by atoms with E-state index in [1.54, 1.807) is 26.0 Å². The molecule has 1 N–H and O–H groups in total. The lowest BCUT2D eigenvalue weighted by molar-refractivity contribution is -0.137. The van der Waals surface area contributed by atoms with E-state index in [9.17, 15) is 26.4 Å². The molecule has 0 aromatic heterocycles. The first-order valence-corrected chi connectivity index (χ1v) is 13.6. The number of carboxylic acids is 1. The largest absolute Gasteiger partial charge is 0.487 e. The minimum atomic E-state index is -4.67. The first-order chi connectivity index (χ1) is 17.8. The van der Waals surface area contributed by atoms with Crippen molar-refractivity contribution in [2.75, 3.05) is 4.31 Å². The molecule has 0 aliphatic rings. The SMILES string of the molecule is CCCCc1ccc(S(=O)(=O)N(c2ccc(C(F)(F)F)cc2OCc2ccc(C(=O)O)cc2)C(C)C)cc1. The van der Waals surface area contributed by atoms with Crippen LogP contribution in [-0.4, -0.2) is 25.5 Å². The van der Waals surface area contributed by atoms with Gasteiger partial charge in [-0.05, 0) is 80.3 Å². The first kappa shape index (κ1) is 29.0. The van der Waals surface area contributed by atoms with Gasteiger partial charge in [0, 0.05) is 6.04 Å². The van der Waals surface area contributed by atoms with Crippen LogP contribution in [0.4, 0.5) is 18.9 Å². The molecular formula is C28H30F3NO5S. The van der Waals surface area contributed by atoms with E-state index in [2.05, 4.69) is 6.92 Å². The molecule has 0 fully saturated rings. The quantitative estimate of drug-likeness (QED) is 0.280. The number of benzene rings is 3. The summed E-state index contributed by atoms with van der Waals surface area (Å²) in [5, 5.41) is 9.06. The van der Waals surface area contributed by atoms with Crippen LogP contribution in [0.5, 0.6) is 5.75 Å². The highest BCUT2D eigenvalue weighted by molar-refractivity contribution is 7.92. The van der Waals surface area contributed by atoms with E-state index < -0.39 is 33.8 Å². The Hall–Kier alpha value is -3.53. The van der Waals surface area contributed by atoms with E-state index in [-0.39, 0.29) is 28.5 Å². The molecule has 6 nitrogen and oxygen atoms in total. The van der Waals surface area contributed by atoms with E-state index in [1.165, 1.54) is 36.4 Å². The predicted molar refractivity (Wildman–Crippen MR) is 139 cm³/mol. The van der Waals surface area contributed by atoms with Crippen molar-refractivity contribution in [3.63, 3.8) is 0 Å². The fourth-order valence-electron chi connectivity index (χ4n) is 3.90. The summed E-state index contributed by atoms with van der Waals surface area (Å²) in [4.78, 5) is 11.1. The second-order valence-corrected chi connectivity index (χ2v) is 10.9. The van der Waals surface area contributed by atoms with Gasteiger partial charge in [0.1, 0.15) is 12.4 Å². The van der Waals surface area contributed by atoms with Crippen LogP contribution in [0.1, 0.15) is 60.7 Å². The number of aromatic carboxylic acids is 1. The van der Waals surface area contributed by atoms with Crippen molar-refractivity contribution in [3.05, 3.63) is 89.0 Å². The molecule has 3 rings (SSSR count). The molecule has 0 bridgehead atoms. The highest BCUT2D eigenvalue weighted by atomic mass is 32.2. The summed E-state index contributed by atoms with van der Waals surface area (Å²) in [6, 6.07) is 14.2. The Kier molecular flexibility index (Phi) is 9.09. The lowest BCUT2D eigenvalue weighted by atomic mass is 10.1. The highest BCUT2D eigenvalue weighted by Gasteiger charge is 2.34. The van der Waals surface area contributed by atoms with Gasteiger partial charge in [-0.3, -0.25) is 4.31 Å². The molecule has 0 saturated carbocycles. The number of rotatable bonds is 11. The number of halogens is 3. The number of nitrogens with zero attached hydrogens (tertiary/aromatic N) is 1. The molecule has 0 heterocycles. The van der Waals surface area contributed by atoms with E-state index in [4.69, 9.17) is 9.84 Å². The molecule has 0 aliphatic carbocycles. The van der Waals surface area contributed by atoms with Crippen LogP contribution in [0.2, 0.25) is 0 Å². The fourth-order valence-corrected chi connectivity index (χ4v) is 5.57. The van der Waals surface area contributed by atoms with E-state index in [0.717, 1.165) is 47.3 Å². The maximum Gasteiger partial charge on any atom is 0.416 e. The Morgan fingerprint density at radius 2 is 1.58 bits per heavy atom. The lowest BCUT2D eigenvalue weighted by Crippen LogP contribution is -2.37. The van der Waals surface area contributed by atoms with Crippen LogP contribution >= 0.6 is 0 Å². The zero-order valence-electron chi connectivity index (χ0n) is 21.3. The molecule has 3 aromatic carbocycles. The number of ether oxygens (including phenoxy) is 1. The van der Waals surface area contributed by atoms with Gasteiger partial charge in [0.15, 0.2) is 0 Å². The second-order valence-electron chi connectivity index (χ2n) is 9.11. The Labute approximate surface area is 220 Å². The normalized spacial score (nSPS) is 12.0. The van der Waals surface area contributed by atoms with Gasteiger partial charge in [0.2, 0.25) is 0 Å². The third-order valence-corrected chi connectivity index (χ3v) is 7.89. The number of anilines is 1. The van der Waals surface area contributed by atoms with Crippen molar-refractivity contribution in [3.8, 4) is 5.75 Å². The number of unbranched alkanes of at least 4 members (excludes halogenated alkanes) is 1. The Bertz CT molecular complexity index is 1350. The summed E-state index contributed by atoms with van der Waals surface area (Å²) in [5.41, 5.74) is 0.518. The lowest BCUT2D eigenvalue weighted by Gasteiger charge is -2.30. The van der Waals surface area contributed by atoms with Gasteiger partial charge in [-0.25, -0.2) is 13.2 Å². The Morgan fingerprint density at radius 3 is 2.11 bits per heavy atom. The van der Waals surface area contributed by atoms with Crippen molar-refractivity contribution in [2.45, 2.75) is 63.8 Å². The van der Waals surface area contributed by atoms with Crippen molar-refractivity contribution >= 4 is 21.7 Å². The van der Waals surface area contributed by atoms with Crippen LogP contribution in [0, 0.1) is 0 Å². The topological polar surface area (TPSA) is 83.9 Å². The van der Waals surface area contributed by atoms with Crippen molar-refractivity contribution < 1.29 is 36.2 Å². The highest BCUT2D eigenvalue weighted by Crippen LogP contribution is 2.40. The van der Waals surface area contributed by atoms with Crippen molar-refractivity contribution in [1.82, 2.24) is 0 Å². The summed E-state index contributed by atoms with van der Waals surface area (Å²) in [7, 11) is -4.15. The zero-order chi connectivity index (χ0) is 28.1. The van der Waals surface area contributed by atoms with Gasteiger partial charge in [-0.1, -0.05) is 37.6 Å². The Balaban J connectivity index is 2.02. The van der Waals surface area contributed by atoms with Gasteiger partial charge >= 0.3 is 12.1 Å². The van der Waals surface area contributed by atoms with Crippen molar-refractivity contribution in [1.29, 1.82) is 0 Å². The summed E-state index contributed by atoms with van der Waals surface area (Å²) in [6.07, 6.45) is -1.89. The third-order valence-electron chi connectivity index (χ3n) is 5.89. The maximum atomic E-state index is 13.7. The molecule has 204 valence electrons. The second kappa shape index (κ2) is 11.9. The number of sulfonamides is 1. The van der Waals surface area contributed by atoms with Gasteiger partial charge in [0.05, 0.1) is 21.7 Å². The first-order valence-electron chi connectivity index (χ1n) is 12.1. The zero-order valence-corrected chi connectivity index (χ0v) is 22.1. The van der Waals surface area contributed by atoms with Crippen LogP contribution < -0.4 is 9.04 Å². The van der Waals surface area contributed by atoms with Crippen LogP contribution in [0.15, 0.2) is 71.6 Å². The minimum Gasteiger partial charge on any atom is -0.487 e. The molecule has 0 spiro atoms. The van der Waals surface area contributed by atoms with Crippen LogP contribution in [-0.2, 0) is 29.2 Å². The number of hydrogen-bond acceptors (Lipinski definition) is 4. The number of hydrogen-bond donors (Lipinski definition) is 1. The molecule has 0 saturated heterocycles. The summed E-state index contributed by atoms with van der Waals surface area (Å²) >= 11 is 0. The van der Waals surface area contributed by atoms with Gasteiger partial charge < -0.3 is 9.84 Å². The molecular weight excluding hydrogens is 519 g/mol. The summed E-state index contributed by atoms with van der Waals surface area (Å²) in [6.45, 7) is 5.11. The van der Waals surface area contributed by atoms with E-state index in [1.807, 2.05) is 0 Å². The van der Waals surface area contributed by atoms with Crippen LogP contribution in [0.3, 0.4) is 0 Å². The Morgan fingerprint density at radius 1 is 0.974 bits per heavy atom. The molecule has 10 heteroatoms. The maximum absolute atomic E-state index is 13.7. The number of aryl methyl sites for hydroxylation is 1.